The Bertz CT molecular complexity index is 1280. The first-order valence-corrected chi connectivity index (χ1v) is 11.0. The molecule has 1 heterocycles. The van der Waals surface area contributed by atoms with E-state index in [0.717, 1.165) is 5.56 Å². The number of hydrogen-bond donors (Lipinski definition) is 2. The molecule has 0 spiro atoms. The van der Waals surface area contributed by atoms with E-state index in [1.165, 1.54) is 24.3 Å². The molecule has 3 N–H and O–H groups in total. The minimum atomic E-state index is -3.75. The molecule has 3 rings (SSSR count). The number of ether oxygens (including phenoxy) is 2. The number of carbonyl (C=O) groups is 2. The van der Waals surface area contributed by atoms with Gasteiger partial charge in [-0.05, 0) is 42.3 Å². The van der Waals surface area contributed by atoms with Crippen LogP contribution in [0.4, 0.5) is 0 Å². The van der Waals surface area contributed by atoms with Crippen LogP contribution in [0.3, 0.4) is 0 Å². The monoisotopic (exact) mass is 460 g/mol. The first-order chi connectivity index (χ1) is 15.2. The van der Waals surface area contributed by atoms with E-state index in [4.69, 9.17) is 19.0 Å². The third-order valence-electron chi connectivity index (χ3n) is 4.30. The van der Waals surface area contributed by atoms with E-state index in [0.29, 0.717) is 23.1 Å². The van der Waals surface area contributed by atoms with Crippen molar-refractivity contribution in [1.82, 2.24) is 5.32 Å². The van der Waals surface area contributed by atoms with Gasteiger partial charge in [-0.3, -0.25) is 4.79 Å². The van der Waals surface area contributed by atoms with E-state index in [1.54, 1.807) is 30.3 Å². The van der Waals surface area contributed by atoms with Crippen molar-refractivity contribution < 1.29 is 31.9 Å². The predicted molar refractivity (Wildman–Crippen MR) is 113 cm³/mol. The van der Waals surface area contributed by atoms with Crippen LogP contribution in [0.1, 0.15) is 5.56 Å². The molecule has 0 unspecified atom stereocenters. The van der Waals surface area contributed by atoms with Gasteiger partial charge in [0.25, 0.3) is 5.91 Å². The molecule has 0 fully saturated rings. The standard InChI is InChI=1S/C21H20N2O8S/c22-32(27,28)17-6-1-14(2-7-17)9-10-23-19(24)12-30-21(26)13-29-16-5-3-15-4-8-20(25)31-18(15)11-16/h1-8,11H,9-10,12-13H2,(H,23,24)(H2,22,27,28). The zero-order chi connectivity index (χ0) is 23.1. The summed E-state index contributed by atoms with van der Waals surface area (Å²) < 4.78 is 37.6. The average Bonchev–Trinajstić information content (AvgIpc) is 2.75. The van der Waals surface area contributed by atoms with Crippen molar-refractivity contribution in [2.45, 2.75) is 11.3 Å². The molecule has 0 saturated carbocycles. The molecule has 11 heteroatoms. The van der Waals surface area contributed by atoms with Gasteiger partial charge in [0.1, 0.15) is 11.3 Å². The summed E-state index contributed by atoms with van der Waals surface area (Å²) in [7, 11) is -3.75. The minimum absolute atomic E-state index is 0.00709. The SMILES string of the molecule is NS(=O)(=O)c1ccc(CCNC(=O)COC(=O)COc2ccc3ccc(=O)oc3c2)cc1. The number of primary sulfonamides is 1. The van der Waals surface area contributed by atoms with Gasteiger partial charge in [0.05, 0.1) is 4.90 Å². The summed E-state index contributed by atoms with van der Waals surface area (Å²) >= 11 is 0. The van der Waals surface area contributed by atoms with Gasteiger partial charge in [0, 0.05) is 24.1 Å². The third kappa shape index (κ3) is 6.65. The van der Waals surface area contributed by atoms with Gasteiger partial charge >= 0.3 is 11.6 Å². The Balaban J connectivity index is 1.37. The molecule has 0 aliphatic heterocycles. The second-order valence-electron chi connectivity index (χ2n) is 6.69. The maximum absolute atomic E-state index is 11.8. The lowest BCUT2D eigenvalue weighted by Crippen LogP contribution is -2.31. The summed E-state index contributed by atoms with van der Waals surface area (Å²) in [6.45, 7) is -0.630. The van der Waals surface area contributed by atoms with Gasteiger partial charge in [-0.2, -0.15) is 0 Å². The highest BCUT2D eigenvalue weighted by Crippen LogP contribution is 2.19. The van der Waals surface area contributed by atoms with E-state index < -0.39 is 40.7 Å². The summed E-state index contributed by atoms with van der Waals surface area (Å²) in [4.78, 5) is 34.9. The molecule has 3 aromatic rings. The molecule has 0 atom stereocenters. The van der Waals surface area contributed by atoms with Crippen molar-refractivity contribution in [2.24, 2.45) is 5.14 Å². The number of fused-ring (bicyclic) bond motifs is 1. The number of benzene rings is 2. The van der Waals surface area contributed by atoms with Crippen LogP contribution in [0, 0.1) is 0 Å². The van der Waals surface area contributed by atoms with Crippen molar-refractivity contribution in [2.75, 3.05) is 19.8 Å². The van der Waals surface area contributed by atoms with Gasteiger partial charge in [-0.25, -0.2) is 23.1 Å². The van der Waals surface area contributed by atoms with E-state index >= 15 is 0 Å². The minimum Gasteiger partial charge on any atom is -0.482 e. The van der Waals surface area contributed by atoms with Gasteiger partial charge in [0.2, 0.25) is 10.0 Å². The zero-order valence-electron chi connectivity index (χ0n) is 16.8. The molecular weight excluding hydrogens is 440 g/mol. The molecule has 2 aromatic carbocycles. The quantitative estimate of drug-likeness (QED) is 0.350. The average molecular weight is 460 g/mol. The molecule has 10 nitrogen and oxygen atoms in total. The van der Waals surface area contributed by atoms with Crippen LogP contribution in [0.15, 0.2) is 68.7 Å². The molecular formula is C21H20N2O8S. The topological polar surface area (TPSA) is 155 Å². The highest BCUT2D eigenvalue weighted by atomic mass is 32.2. The summed E-state index contributed by atoms with van der Waals surface area (Å²) in [6, 6.07) is 13.6. The Morgan fingerprint density at radius 1 is 1.00 bits per heavy atom. The van der Waals surface area contributed by atoms with Crippen LogP contribution >= 0.6 is 0 Å². The lowest BCUT2D eigenvalue weighted by Gasteiger charge is -2.08. The molecule has 32 heavy (non-hydrogen) atoms. The smallest absolute Gasteiger partial charge is 0.344 e. The largest absolute Gasteiger partial charge is 0.482 e. The summed E-state index contributed by atoms with van der Waals surface area (Å²) in [5, 5.41) is 8.33. The number of hydrogen-bond acceptors (Lipinski definition) is 8. The molecule has 0 saturated heterocycles. The van der Waals surface area contributed by atoms with E-state index in [1.807, 2.05) is 0 Å². The summed E-state index contributed by atoms with van der Waals surface area (Å²) in [6.07, 6.45) is 0.450. The molecule has 0 radical (unpaired) electrons. The third-order valence-corrected chi connectivity index (χ3v) is 5.23. The van der Waals surface area contributed by atoms with Gasteiger partial charge in [-0.15, -0.1) is 0 Å². The summed E-state index contributed by atoms with van der Waals surface area (Å²) in [5.74, 6) is -0.929. The van der Waals surface area contributed by atoms with Crippen LogP contribution < -0.4 is 20.8 Å². The molecule has 1 amide bonds. The highest BCUT2D eigenvalue weighted by Gasteiger charge is 2.10. The van der Waals surface area contributed by atoms with Crippen LogP contribution in [0.2, 0.25) is 0 Å². The number of nitrogens with one attached hydrogen (secondary N) is 1. The van der Waals surface area contributed by atoms with Crippen LogP contribution in [0.5, 0.6) is 5.75 Å². The Kier molecular flexibility index (Phi) is 7.23. The number of carbonyl (C=O) groups excluding carboxylic acids is 2. The number of rotatable bonds is 9. The van der Waals surface area contributed by atoms with Gasteiger partial charge in [0.15, 0.2) is 13.2 Å². The maximum atomic E-state index is 11.8. The maximum Gasteiger partial charge on any atom is 0.344 e. The fraction of sp³-hybridized carbons (Fsp3) is 0.190. The van der Waals surface area contributed by atoms with Crippen molar-refractivity contribution >= 4 is 32.9 Å². The molecule has 1 aromatic heterocycles. The first-order valence-electron chi connectivity index (χ1n) is 9.41. The Labute approximate surface area is 183 Å². The number of esters is 1. The fourth-order valence-corrected chi connectivity index (χ4v) is 3.22. The lowest BCUT2D eigenvalue weighted by atomic mass is 10.1. The van der Waals surface area contributed by atoms with Crippen molar-refractivity contribution in [3.63, 3.8) is 0 Å². The van der Waals surface area contributed by atoms with Gasteiger partial charge in [-0.1, -0.05) is 12.1 Å². The van der Waals surface area contributed by atoms with E-state index in [2.05, 4.69) is 5.32 Å². The first kappa shape index (κ1) is 23.0. The number of sulfonamides is 1. The number of nitrogens with two attached hydrogens (primary N) is 1. The Hall–Kier alpha value is -3.70. The Morgan fingerprint density at radius 2 is 1.72 bits per heavy atom. The van der Waals surface area contributed by atoms with E-state index in [-0.39, 0.29) is 11.4 Å². The van der Waals surface area contributed by atoms with Crippen LogP contribution in [-0.2, 0) is 30.8 Å². The molecule has 168 valence electrons. The molecule has 0 bridgehead atoms. The second kappa shape index (κ2) is 10.1. The van der Waals surface area contributed by atoms with Gasteiger partial charge < -0.3 is 19.2 Å². The van der Waals surface area contributed by atoms with Crippen LogP contribution in [0.25, 0.3) is 11.0 Å². The van der Waals surface area contributed by atoms with Crippen LogP contribution in [-0.4, -0.2) is 40.1 Å². The molecule has 0 aliphatic carbocycles. The van der Waals surface area contributed by atoms with Crippen molar-refractivity contribution in [3.05, 3.63) is 70.6 Å². The van der Waals surface area contributed by atoms with Crippen molar-refractivity contribution in [1.29, 1.82) is 0 Å². The van der Waals surface area contributed by atoms with Crippen molar-refractivity contribution in [3.8, 4) is 5.75 Å². The normalized spacial score (nSPS) is 11.2. The second-order valence-corrected chi connectivity index (χ2v) is 8.25. The zero-order valence-corrected chi connectivity index (χ0v) is 17.6. The predicted octanol–water partition coefficient (Wildman–Crippen LogP) is 0.721. The number of amides is 1. The fourth-order valence-electron chi connectivity index (χ4n) is 2.70. The summed E-state index contributed by atoms with van der Waals surface area (Å²) in [5.41, 5.74) is 0.622. The lowest BCUT2D eigenvalue weighted by molar-refractivity contribution is -0.150. The molecule has 0 aliphatic rings. The van der Waals surface area contributed by atoms with E-state index in [9.17, 15) is 22.8 Å². The Morgan fingerprint density at radius 3 is 2.44 bits per heavy atom. The highest BCUT2D eigenvalue weighted by molar-refractivity contribution is 7.89.